The van der Waals surface area contributed by atoms with Gasteiger partial charge < -0.3 is 30.3 Å². The van der Waals surface area contributed by atoms with Gasteiger partial charge in [-0.25, -0.2) is 9.78 Å². The summed E-state index contributed by atoms with van der Waals surface area (Å²) >= 11 is 1.43. The molecule has 0 spiro atoms. The molecule has 12 heteroatoms. The maximum Gasteiger partial charge on any atom is 0.407 e. The zero-order chi connectivity index (χ0) is 21.4. The van der Waals surface area contributed by atoms with Gasteiger partial charge in [-0.3, -0.25) is 0 Å². The minimum atomic E-state index is -0.901. The topological polar surface area (TPSA) is 134 Å². The molecule has 4 heterocycles. The van der Waals surface area contributed by atoms with E-state index in [0.717, 1.165) is 15.8 Å². The standard InChI is InChI=1S/C19H22N8O3S/c20-16-21-13-2-1-12(11-14(13)31-16)15-22-17(25-3-5-27(6-4-25)19(28)29)24-18(23-15)26-7-9-30-10-8-26/h1-2,11H,3-10H2,(H2,20,21)(H,28,29). The molecule has 0 atom stereocenters. The molecule has 1 aromatic carbocycles. The number of fused-ring (bicyclic) bond motifs is 1. The summed E-state index contributed by atoms with van der Waals surface area (Å²) in [5.74, 6) is 1.73. The van der Waals surface area contributed by atoms with Crippen LogP contribution in [0.4, 0.5) is 21.8 Å². The number of ether oxygens (including phenoxy) is 1. The van der Waals surface area contributed by atoms with Gasteiger partial charge in [-0.05, 0) is 18.2 Å². The summed E-state index contributed by atoms with van der Waals surface area (Å²) in [6.45, 7) is 4.55. The molecular weight excluding hydrogens is 420 g/mol. The Morgan fingerprint density at radius 1 is 0.968 bits per heavy atom. The number of carboxylic acid groups (broad SMARTS) is 1. The van der Waals surface area contributed by atoms with Crippen molar-refractivity contribution in [3.63, 3.8) is 0 Å². The van der Waals surface area contributed by atoms with Crippen LogP contribution in [0.25, 0.3) is 21.6 Å². The van der Waals surface area contributed by atoms with Gasteiger partial charge in [0.25, 0.3) is 0 Å². The number of aromatic nitrogens is 4. The molecule has 3 N–H and O–H groups in total. The van der Waals surface area contributed by atoms with Crippen molar-refractivity contribution in [3.8, 4) is 11.4 Å². The highest BCUT2D eigenvalue weighted by atomic mass is 32.1. The number of nitrogen functional groups attached to an aromatic ring is 1. The maximum absolute atomic E-state index is 11.2. The van der Waals surface area contributed by atoms with Crippen molar-refractivity contribution in [2.24, 2.45) is 0 Å². The Morgan fingerprint density at radius 3 is 2.32 bits per heavy atom. The molecule has 2 fully saturated rings. The minimum Gasteiger partial charge on any atom is -0.465 e. The molecule has 2 saturated heterocycles. The average molecular weight is 443 g/mol. The molecule has 162 valence electrons. The second-order valence-electron chi connectivity index (χ2n) is 7.35. The third-order valence-corrected chi connectivity index (χ3v) is 6.25. The number of anilines is 3. The molecule has 11 nitrogen and oxygen atoms in total. The van der Waals surface area contributed by atoms with Crippen molar-refractivity contribution in [2.45, 2.75) is 0 Å². The summed E-state index contributed by atoms with van der Waals surface area (Å²) in [6.07, 6.45) is -0.901. The van der Waals surface area contributed by atoms with Crippen molar-refractivity contribution in [1.82, 2.24) is 24.8 Å². The van der Waals surface area contributed by atoms with Gasteiger partial charge in [0.2, 0.25) is 11.9 Å². The van der Waals surface area contributed by atoms with E-state index in [4.69, 9.17) is 25.4 Å². The van der Waals surface area contributed by atoms with Gasteiger partial charge in [0.15, 0.2) is 11.0 Å². The van der Waals surface area contributed by atoms with Crippen LogP contribution in [0.2, 0.25) is 0 Å². The summed E-state index contributed by atoms with van der Waals surface area (Å²) in [5.41, 5.74) is 7.56. The van der Waals surface area contributed by atoms with Crippen LogP contribution in [0.5, 0.6) is 0 Å². The lowest BCUT2D eigenvalue weighted by molar-refractivity contribution is 0.122. The first-order valence-electron chi connectivity index (χ1n) is 10.0. The van der Waals surface area contributed by atoms with Crippen LogP contribution in [0.15, 0.2) is 18.2 Å². The summed E-state index contributed by atoms with van der Waals surface area (Å²) in [7, 11) is 0. The number of thiazole rings is 1. The highest BCUT2D eigenvalue weighted by Crippen LogP contribution is 2.29. The van der Waals surface area contributed by atoms with E-state index < -0.39 is 6.09 Å². The molecule has 2 aliphatic rings. The summed E-state index contributed by atoms with van der Waals surface area (Å²) in [4.78, 5) is 35.3. The first-order chi connectivity index (χ1) is 15.1. The van der Waals surface area contributed by atoms with E-state index in [9.17, 15) is 9.90 Å². The van der Waals surface area contributed by atoms with Crippen molar-refractivity contribution >= 4 is 44.7 Å². The predicted molar refractivity (Wildman–Crippen MR) is 118 cm³/mol. The van der Waals surface area contributed by atoms with Crippen LogP contribution < -0.4 is 15.5 Å². The first-order valence-corrected chi connectivity index (χ1v) is 10.9. The van der Waals surface area contributed by atoms with Crippen LogP contribution in [0.3, 0.4) is 0 Å². The van der Waals surface area contributed by atoms with E-state index in [-0.39, 0.29) is 0 Å². The Labute approximate surface area is 182 Å². The maximum atomic E-state index is 11.2. The molecule has 0 saturated carbocycles. The largest absolute Gasteiger partial charge is 0.465 e. The number of piperazine rings is 1. The van der Waals surface area contributed by atoms with E-state index in [2.05, 4.69) is 9.88 Å². The number of hydrogen-bond acceptors (Lipinski definition) is 10. The van der Waals surface area contributed by atoms with Crippen LogP contribution in [0.1, 0.15) is 0 Å². The Balaban J connectivity index is 1.51. The number of morpholine rings is 1. The Bertz CT molecular complexity index is 1110. The summed E-state index contributed by atoms with van der Waals surface area (Å²) < 4.78 is 6.44. The van der Waals surface area contributed by atoms with Gasteiger partial charge in [0.05, 0.1) is 23.4 Å². The number of hydrogen-bond donors (Lipinski definition) is 2. The average Bonchev–Trinajstić information content (AvgIpc) is 3.18. The van der Waals surface area contributed by atoms with Gasteiger partial charge in [-0.2, -0.15) is 15.0 Å². The SMILES string of the molecule is Nc1nc2ccc(-c3nc(N4CCOCC4)nc(N4CCN(C(=O)O)CC4)n3)cc2s1. The van der Waals surface area contributed by atoms with E-state index >= 15 is 0 Å². The Morgan fingerprint density at radius 2 is 1.65 bits per heavy atom. The molecule has 5 rings (SSSR count). The third kappa shape index (κ3) is 4.03. The first kappa shape index (κ1) is 19.7. The van der Waals surface area contributed by atoms with Crippen LogP contribution in [0, 0.1) is 0 Å². The zero-order valence-electron chi connectivity index (χ0n) is 16.8. The lowest BCUT2D eigenvalue weighted by atomic mass is 10.2. The van der Waals surface area contributed by atoms with Gasteiger partial charge in [0.1, 0.15) is 0 Å². The van der Waals surface area contributed by atoms with Gasteiger partial charge >= 0.3 is 6.09 Å². The quantitative estimate of drug-likeness (QED) is 0.612. The normalized spacial score (nSPS) is 17.4. The second kappa shape index (κ2) is 8.12. The van der Waals surface area contributed by atoms with E-state index in [1.54, 1.807) is 0 Å². The summed E-state index contributed by atoms with van der Waals surface area (Å²) in [5, 5.41) is 9.75. The van der Waals surface area contributed by atoms with Crippen molar-refractivity contribution in [3.05, 3.63) is 18.2 Å². The number of benzene rings is 1. The van der Waals surface area contributed by atoms with Gasteiger partial charge in [-0.1, -0.05) is 11.3 Å². The molecule has 0 bridgehead atoms. The molecule has 3 aromatic rings. The predicted octanol–water partition coefficient (Wildman–Crippen LogP) is 1.37. The number of amides is 1. The van der Waals surface area contributed by atoms with E-state index in [1.807, 2.05) is 23.1 Å². The second-order valence-corrected chi connectivity index (χ2v) is 8.41. The zero-order valence-corrected chi connectivity index (χ0v) is 17.6. The lowest BCUT2D eigenvalue weighted by Crippen LogP contribution is -2.49. The van der Waals surface area contributed by atoms with Crippen molar-refractivity contribution in [2.75, 3.05) is 68.0 Å². The highest BCUT2D eigenvalue weighted by molar-refractivity contribution is 7.22. The highest BCUT2D eigenvalue weighted by Gasteiger charge is 2.25. The Kier molecular flexibility index (Phi) is 5.16. The lowest BCUT2D eigenvalue weighted by Gasteiger charge is -2.34. The van der Waals surface area contributed by atoms with Crippen LogP contribution in [-0.4, -0.2) is 88.5 Å². The molecule has 0 unspecified atom stereocenters. The number of carbonyl (C=O) groups is 1. The third-order valence-electron chi connectivity index (χ3n) is 5.40. The fraction of sp³-hybridized carbons (Fsp3) is 0.421. The fourth-order valence-corrected chi connectivity index (χ4v) is 4.48. The Hall–Kier alpha value is -3.25. The number of rotatable bonds is 3. The van der Waals surface area contributed by atoms with Gasteiger partial charge in [0, 0.05) is 44.8 Å². The molecule has 2 aliphatic heterocycles. The van der Waals surface area contributed by atoms with E-state index in [1.165, 1.54) is 16.2 Å². The summed E-state index contributed by atoms with van der Waals surface area (Å²) in [6, 6.07) is 5.85. The minimum absolute atomic E-state index is 0.412. The van der Waals surface area contributed by atoms with Crippen LogP contribution in [-0.2, 0) is 4.74 Å². The van der Waals surface area contributed by atoms with Crippen LogP contribution >= 0.6 is 11.3 Å². The monoisotopic (exact) mass is 442 g/mol. The van der Waals surface area contributed by atoms with Crippen molar-refractivity contribution in [1.29, 1.82) is 0 Å². The fourth-order valence-electron chi connectivity index (χ4n) is 3.71. The molecule has 31 heavy (non-hydrogen) atoms. The van der Waals surface area contributed by atoms with Crippen molar-refractivity contribution < 1.29 is 14.6 Å². The van der Waals surface area contributed by atoms with Gasteiger partial charge in [-0.15, -0.1) is 0 Å². The molecular formula is C19H22N8O3S. The molecule has 2 aromatic heterocycles. The molecule has 1 amide bonds. The molecule has 0 aliphatic carbocycles. The number of nitrogens with zero attached hydrogens (tertiary/aromatic N) is 7. The van der Waals surface area contributed by atoms with E-state index in [0.29, 0.717) is 75.3 Å². The smallest absolute Gasteiger partial charge is 0.407 e. The number of nitrogens with two attached hydrogens (primary N) is 1. The molecule has 0 radical (unpaired) electrons.